The smallest absolute Gasteiger partial charge is 0.361 e. The van der Waals surface area contributed by atoms with Gasteiger partial charge in [-0.15, -0.1) is 20.4 Å². The van der Waals surface area contributed by atoms with Gasteiger partial charge in [-0.25, -0.2) is 25.8 Å². The largest absolute Gasteiger partial charge is 0.452 e. The number of fused-ring (bicyclic) bond motifs is 2. The van der Waals surface area contributed by atoms with E-state index in [1.165, 1.54) is 43.4 Å². The number of nitrogens with zero attached hydrogens (tertiary/aromatic N) is 12. The minimum absolute atomic E-state index is 0.0785. The molecule has 0 bridgehead atoms. The number of anilines is 2. The van der Waals surface area contributed by atoms with Crippen LogP contribution >= 0.6 is 23.2 Å². The number of ketones is 1. The van der Waals surface area contributed by atoms with Crippen molar-refractivity contribution in [3.05, 3.63) is 144 Å². The van der Waals surface area contributed by atoms with E-state index in [1.54, 1.807) is 26.6 Å². The Bertz CT molecular complexity index is 2640. The quantitative estimate of drug-likeness (QED) is 0.0594. The van der Waals surface area contributed by atoms with Crippen molar-refractivity contribution < 1.29 is 40.6 Å². The van der Waals surface area contributed by atoms with Crippen LogP contribution in [0.2, 0.25) is 10.3 Å². The first-order chi connectivity index (χ1) is 30.5. The number of methoxy groups -OCH3 is 2. The number of hydrogen-bond donors (Lipinski definition) is 3. The first-order valence-electron chi connectivity index (χ1n) is 17.8. The number of benzene rings is 2. The van der Waals surface area contributed by atoms with Crippen LogP contribution in [0.5, 0.6) is 0 Å². The molecule has 336 valence electrons. The number of nitrogens with one attached hydrogen (secondary N) is 2. The van der Waals surface area contributed by atoms with Crippen molar-refractivity contribution in [1.29, 1.82) is 0 Å². The van der Waals surface area contributed by atoms with Gasteiger partial charge in [0.15, 0.2) is 39.0 Å². The van der Waals surface area contributed by atoms with Gasteiger partial charge in [0.2, 0.25) is 5.82 Å². The molecule has 4 N–H and O–H groups in total. The zero-order valence-electron chi connectivity index (χ0n) is 33.4. The molecule has 0 aliphatic heterocycles. The van der Waals surface area contributed by atoms with Crippen LogP contribution in [0.15, 0.2) is 123 Å². The lowest BCUT2D eigenvalue weighted by atomic mass is 10.1. The van der Waals surface area contributed by atoms with E-state index in [0.29, 0.717) is 16.6 Å². The van der Waals surface area contributed by atoms with Gasteiger partial charge in [0.05, 0.1) is 18.9 Å². The standard InChI is InChI=1S/C11H7ClN4.C10H14O2.C7H6F3N3O.C6H3F3N4.C4H5ClN4/c12-9-11-15-14-10(16(11)7-6-13-9)8-4-2-1-3-5-8;1-10(11-2,12-3)9-7-5-4-6-8-9;8-7(9,10)5(14)3-13-6-4-11-1-2-12-6;7-6(8,9)5-12-11-4-3-10-1-2-13(4)5;5-3-4(9-6)8-2-1-7-3/h1-7H;4-8H,1-3H3;1-2,4H,3H2,(H,12,13);1-3H;1-2H,6H2,(H,8,9). The molecular formula is C38H35Cl2F6N15O3. The van der Waals surface area contributed by atoms with Crippen molar-refractivity contribution in [2.24, 2.45) is 5.84 Å². The second-order valence-electron chi connectivity index (χ2n) is 12.1. The summed E-state index contributed by atoms with van der Waals surface area (Å²) in [6.45, 7) is 1.06. The number of rotatable bonds is 8. The second-order valence-corrected chi connectivity index (χ2v) is 12.8. The summed E-state index contributed by atoms with van der Waals surface area (Å²) in [5, 5.41) is 17.3. The van der Waals surface area contributed by atoms with Crippen LogP contribution in [0, 0.1) is 0 Å². The fourth-order valence-electron chi connectivity index (χ4n) is 4.67. The summed E-state index contributed by atoms with van der Waals surface area (Å²) in [4.78, 5) is 32.7. The normalized spacial score (nSPS) is 11.1. The summed E-state index contributed by atoms with van der Waals surface area (Å²) in [5.41, 5.74) is 4.96. The maximum absolute atomic E-state index is 12.2. The Morgan fingerprint density at radius 2 is 1.33 bits per heavy atom. The van der Waals surface area contributed by atoms with Gasteiger partial charge in [-0.2, -0.15) is 26.3 Å². The average molecular weight is 935 g/mol. The zero-order valence-corrected chi connectivity index (χ0v) is 35.0. The molecule has 0 radical (unpaired) electrons. The molecule has 64 heavy (non-hydrogen) atoms. The number of nitrogens with two attached hydrogens (primary N) is 1. The van der Waals surface area contributed by atoms with Crippen LogP contribution in [0.1, 0.15) is 18.3 Å². The highest BCUT2D eigenvalue weighted by atomic mass is 35.5. The molecule has 6 aromatic heterocycles. The Morgan fingerprint density at radius 3 is 1.91 bits per heavy atom. The molecule has 0 aliphatic rings. The number of hydrazine groups is 1. The minimum atomic E-state index is -4.81. The maximum atomic E-state index is 12.2. The van der Waals surface area contributed by atoms with E-state index in [9.17, 15) is 31.1 Å². The Hall–Kier alpha value is -6.99. The van der Waals surface area contributed by atoms with E-state index in [1.807, 2.05) is 72.0 Å². The predicted molar refractivity (Wildman–Crippen MR) is 221 cm³/mol. The number of ether oxygens (including phenoxy) is 2. The van der Waals surface area contributed by atoms with Crippen LogP contribution in [-0.4, -0.2) is 91.8 Å². The molecule has 6 heterocycles. The van der Waals surface area contributed by atoms with E-state index in [-0.39, 0.29) is 16.6 Å². The summed E-state index contributed by atoms with van der Waals surface area (Å²) in [7, 11) is 3.27. The Labute approximate surface area is 368 Å². The second kappa shape index (κ2) is 23.5. The molecular weight excluding hydrogens is 899 g/mol. The van der Waals surface area contributed by atoms with Crippen LogP contribution in [0.25, 0.3) is 22.7 Å². The van der Waals surface area contributed by atoms with E-state index in [2.05, 4.69) is 61.0 Å². The van der Waals surface area contributed by atoms with E-state index >= 15 is 0 Å². The third-order valence-corrected chi connectivity index (χ3v) is 8.50. The molecule has 2 aromatic carbocycles. The molecule has 26 heteroatoms. The summed E-state index contributed by atoms with van der Waals surface area (Å²) in [5.74, 6) is 2.79. The predicted octanol–water partition coefficient (Wildman–Crippen LogP) is 7.18. The zero-order chi connectivity index (χ0) is 46.8. The molecule has 0 fully saturated rings. The van der Waals surface area contributed by atoms with Gasteiger partial charge in [0, 0.05) is 74.9 Å². The van der Waals surface area contributed by atoms with Gasteiger partial charge in [-0.3, -0.25) is 23.6 Å². The first kappa shape index (κ1) is 49.7. The fraction of sp³-hybridized carbons (Fsp3) is 0.184. The first-order valence-corrected chi connectivity index (χ1v) is 18.6. The van der Waals surface area contributed by atoms with Gasteiger partial charge < -0.3 is 20.2 Å². The van der Waals surface area contributed by atoms with Crippen molar-refractivity contribution in [1.82, 2.24) is 59.1 Å². The van der Waals surface area contributed by atoms with Gasteiger partial charge in [-0.1, -0.05) is 83.9 Å². The van der Waals surface area contributed by atoms with Crippen molar-refractivity contribution in [3.63, 3.8) is 0 Å². The lowest BCUT2D eigenvalue weighted by molar-refractivity contribution is -0.201. The molecule has 0 saturated heterocycles. The number of aromatic nitrogens is 12. The SMILES string of the molecule is COC(C)(OC)c1ccccc1.Clc1nccn2c(-c3ccccc3)nnc12.FC(F)(F)c1nnc2cnccn12.NNc1nccnc1Cl.O=C(CNc1cnccn1)C(F)(F)F. The van der Waals surface area contributed by atoms with E-state index in [4.69, 9.17) is 38.5 Å². The monoisotopic (exact) mass is 933 g/mol. The average Bonchev–Trinajstić information content (AvgIpc) is 3.96. The lowest BCUT2D eigenvalue weighted by Gasteiger charge is -2.26. The minimum Gasteiger partial charge on any atom is -0.361 e. The summed E-state index contributed by atoms with van der Waals surface area (Å²) in [6.07, 6.45) is 4.64. The van der Waals surface area contributed by atoms with Crippen LogP contribution in [-0.2, 0) is 26.2 Å². The molecule has 0 spiro atoms. The maximum Gasteiger partial charge on any atom is 0.452 e. The van der Waals surface area contributed by atoms with Crippen LogP contribution in [0.3, 0.4) is 0 Å². The number of carbonyl (C=O) groups is 1. The highest BCUT2D eigenvalue weighted by molar-refractivity contribution is 6.32. The Morgan fingerprint density at radius 1 is 0.719 bits per heavy atom. The van der Waals surface area contributed by atoms with Crippen LogP contribution in [0.4, 0.5) is 38.0 Å². The number of nitrogen functional groups attached to an aromatic ring is 1. The highest BCUT2D eigenvalue weighted by Gasteiger charge is 2.38. The molecule has 0 saturated carbocycles. The lowest BCUT2D eigenvalue weighted by Crippen LogP contribution is -2.29. The molecule has 0 unspecified atom stereocenters. The Balaban J connectivity index is 0.000000177. The van der Waals surface area contributed by atoms with Gasteiger partial charge >= 0.3 is 12.4 Å². The van der Waals surface area contributed by atoms with Gasteiger partial charge in [0.1, 0.15) is 5.82 Å². The third kappa shape index (κ3) is 14.3. The topological polar surface area (TPSA) is 223 Å². The number of carbonyl (C=O) groups excluding carboxylic acids is 1. The summed E-state index contributed by atoms with van der Waals surface area (Å²) in [6, 6.07) is 19.7. The van der Waals surface area contributed by atoms with Gasteiger partial charge in [0.25, 0.3) is 5.78 Å². The van der Waals surface area contributed by atoms with Gasteiger partial charge in [-0.05, 0) is 6.92 Å². The van der Waals surface area contributed by atoms with E-state index in [0.717, 1.165) is 27.5 Å². The molecule has 0 atom stereocenters. The highest BCUT2D eigenvalue weighted by Crippen LogP contribution is 2.27. The molecule has 0 aliphatic carbocycles. The molecule has 0 amide bonds. The van der Waals surface area contributed by atoms with Crippen molar-refractivity contribution >= 4 is 51.9 Å². The number of alkyl halides is 6. The van der Waals surface area contributed by atoms with Crippen LogP contribution < -0.4 is 16.6 Å². The van der Waals surface area contributed by atoms with Crippen molar-refractivity contribution in [3.8, 4) is 11.4 Å². The summed E-state index contributed by atoms with van der Waals surface area (Å²) >= 11 is 11.4. The van der Waals surface area contributed by atoms with Crippen molar-refractivity contribution in [2.45, 2.75) is 25.1 Å². The van der Waals surface area contributed by atoms with E-state index < -0.39 is 36.3 Å². The fourth-order valence-corrected chi connectivity index (χ4v) is 5.01. The molecule has 8 rings (SSSR count). The number of halogens is 8. The van der Waals surface area contributed by atoms with Crippen molar-refractivity contribution in [2.75, 3.05) is 31.5 Å². The molecule has 8 aromatic rings. The number of hydrogen-bond acceptors (Lipinski definition) is 16. The molecule has 18 nitrogen and oxygen atoms in total. The third-order valence-electron chi connectivity index (χ3n) is 7.96. The summed E-state index contributed by atoms with van der Waals surface area (Å²) < 4.78 is 85.0. The number of Topliss-reactive ketones (excluding diaryl/α,β-unsaturated/α-hetero) is 1. The Kier molecular flexibility index (Phi) is 18.2.